The maximum absolute atomic E-state index is 13.9. The van der Waals surface area contributed by atoms with Gasteiger partial charge in [-0.2, -0.15) is 0 Å². The molecule has 0 aromatic carbocycles. The van der Waals surface area contributed by atoms with Crippen LogP contribution in [0.3, 0.4) is 0 Å². The summed E-state index contributed by atoms with van der Waals surface area (Å²) in [5, 5.41) is 9.79. The van der Waals surface area contributed by atoms with E-state index in [0.29, 0.717) is 5.57 Å². The Kier molecular flexibility index (Phi) is 11.5. The molecule has 4 unspecified atom stereocenters. The van der Waals surface area contributed by atoms with Gasteiger partial charge in [-0.05, 0) is 76.4 Å². The maximum Gasteiger partial charge on any atom is 0.334 e. The molecule has 2 heterocycles. The molecule has 1 N–H and O–H groups in total. The Balaban J connectivity index is 2.43. The van der Waals surface area contributed by atoms with Crippen LogP contribution in [0.2, 0.25) is 0 Å². The predicted octanol–water partition coefficient (Wildman–Crippen LogP) is 6.15. The van der Waals surface area contributed by atoms with Crippen LogP contribution >= 0.6 is 0 Å². The molecule has 0 spiro atoms. The fourth-order valence-corrected chi connectivity index (χ4v) is 8.48. The van der Waals surface area contributed by atoms with Gasteiger partial charge in [0.05, 0.1) is 0 Å². The van der Waals surface area contributed by atoms with Crippen molar-refractivity contribution in [1.29, 1.82) is 0 Å². The molecule has 6 nitrogen and oxygen atoms in total. The summed E-state index contributed by atoms with van der Waals surface area (Å²) in [7, 11) is 0. The molecule has 36 heavy (non-hydrogen) atoms. The van der Waals surface area contributed by atoms with Crippen LogP contribution in [0, 0.1) is 17.8 Å². The minimum absolute atomic E-state index is 0.0152. The summed E-state index contributed by atoms with van der Waals surface area (Å²) in [5.41, 5.74) is 0.367. The van der Waals surface area contributed by atoms with Crippen molar-refractivity contribution in [2.75, 3.05) is 26.2 Å². The quantitative estimate of drug-likeness (QED) is 0.253. The number of carboxylic acid groups (broad SMARTS) is 1. The molecule has 0 bridgehead atoms. The van der Waals surface area contributed by atoms with Gasteiger partial charge in [0, 0.05) is 35.2 Å². The minimum atomic E-state index is -1.06. The Morgan fingerprint density at radius 3 is 1.69 bits per heavy atom. The Bertz CT molecular complexity index is 756. The summed E-state index contributed by atoms with van der Waals surface area (Å²) >= 11 is 0. The van der Waals surface area contributed by atoms with Crippen LogP contribution in [0.15, 0.2) is 11.6 Å². The first-order valence-electron chi connectivity index (χ1n) is 14.8. The summed E-state index contributed by atoms with van der Waals surface area (Å²) in [4.78, 5) is 31.0. The number of carbonyl (C=O) groups is 2. The zero-order valence-corrected chi connectivity index (χ0v) is 24.4. The van der Waals surface area contributed by atoms with E-state index in [1.165, 1.54) is 6.08 Å². The second-order valence-electron chi connectivity index (χ2n) is 10.9. The number of carboxylic acids is 1. The molecule has 2 saturated heterocycles. The SMILES string of the molecule is CCC1C(OC(=O)/C(=C\C(=O)O)C2CCN(CC)C(CC)(CC)C2CC)CCN(CC)C1(CC)CC. The number of nitrogens with zero attached hydrogens (tertiary/aromatic N) is 2. The fraction of sp³-hybridized carbons (Fsp3) is 0.867. The van der Waals surface area contributed by atoms with Crippen molar-refractivity contribution in [2.45, 2.75) is 124 Å². The molecule has 2 rings (SSSR count). The minimum Gasteiger partial charge on any atom is -0.478 e. The number of carbonyl (C=O) groups excluding carboxylic acids is 1. The van der Waals surface area contributed by atoms with Crippen LogP contribution in [0.4, 0.5) is 0 Å². The lowest BCUT2D eigenvalue weighted by molar-refractivity contribution is -0.161. The van der Waals surface area contributed by atoms with E-state index in [2.05, 4.69) is 65.2 Å². The molecule has 2 aliphatic heterocycles. The average Bonchev–Trinajstić information content (AvgIpc) is 2.89. The van der Waals surface area contributed by atoms with Crippen molar-refractivity contribution in [3.63, 3.8) is 0 Å². The summed E-state index contributed by atoms with van der Waals surface area (Å²) in [5.74, 6) is -1.10. The van der Waals surface area contributed by atoms with E-state index in [4.69, 9.17) is 4.74 Å². The second kappa shape index (κ2) is 13.4. The molecule has 2 aliphatic rings. The third kappa shape index (κ3) is 5.55. The van der Waals surface area contributed by atoms with Gasteiger partial charge in [-0.25, -0.2) is 9.59 Å². The fourth-order valence-electron chi connectivity index (χ4n) is 8.48. The summed E-state index contributed by atoms with van der Waals surface area (Å²) in [6.45, 7) is 21.5. The topological polar surface area (TPSA) is 70.1 Å². The summed E-state index contributed by atoms with van der Waals surface area (Å²) in [6, 6.07) is 0. The number of likely N-dealkylation sites (tertiary alicyclic amines) is 2. The molecular weight excluding hydrogens is 452 g/mol. The van der Waals surface area contributed by atoms with E-state index < -0.39 is 11.9 Å². The van der Waals surface area contributed by atoms with Crippen molar-refractivity contribution in [1.82, 2.24) is 9.80 Å². The van der Waals surface area contributed by atoms with E-state index in [9.17, 15) is 14.7 Å². The van der Waals surface area contributed by atoms with Gasteiger partial charge in [-0.15, -0.1) is 0 Å². The highest BCUT2D eigenvalue weighted by molar-refractivity contribution is 5.96. The number of rotatable bonds is 12. The van der Waals surface area contributed by atoms with Crippen LogP contribution in [0.25, 0.3) is 0 Å². The molecule has 2 fully saturated rings. The van der Waals surface area contributed by atoms with E-state index >= 15 is 0 Å². The highest BCUT2D eigenvalue weighted by atomic mass is 16.5. The second-order valence-corrected chi connectivity index (χ2v) is 10.9. The molecule has 6 heteroatoms. The zero-order valence-electron chi connectivity index (χ0n) is 24.4. The van der Waals surface area contributed by atoms with Crippen LogP contribution < -0.4 is 0 Å². The smallest absolute Gasteiger partial charge is 0.334 e. The number of esters is 1. The zero-order chi connectivity index (χ0) is 27.1. The molecule has 0 aromatic heterocycles. The first-order chi connectivity index (χ1) is 17.2. The van der Waals surface area contributed by atoms with E-state index in [0.717, 1.165) is 77.5 Å². The van der Waals surface area contributed by atoms with Gasteiger partial charge in [0.1, 0.15) is 6.10 Å². The van der Waals surface area contributed by atoms with Crippen molar-refractivity contribution in [2.24, 2.45) is 17.8 Å². The van der Waals surface area contributed by atoms with Gasteiger partial charge in [0.25, 0.3) is 0 Å². The Labute approximate surface area is 220 Å². The van der Waals surface area contributed by atoms with Gasteiger partial charge in [0.2, 0.25) is 0 Å². The van der Waals surface area contributed by atoms with Gasteiger partial charge in [0.15, 0.2) is 0 Å². The average molecular weight is 507 g/mol. The highest BCUT2D eigenvalue weighted by Crippen LogP contribution is 2.47. The van der Waals surface area contributed by atoms with Gasteiger partial charge in [-0.3, -0.25) is 9.80 Å². The maximum atomic E-state index is 13.9. The van der Waals surface area contributed by atoms with E-state index in [1.54, 1.807) is 0 Å². The van der Waals surface area contributed by atoms with E-state index in [-0.39, 0.29) is 34.9 Å². The van der Waals surface area contributed by atoms with Crippen LogP contribution in [0.1, 0.15) is 107 Å². The molecule has 0 aliphatic carbocycles. The monoisotopic (exact) mass is 506 g/mol. The van der Waals surface area contributed by atoms with Crippen LogP contribution in [-0.4, -0.2) is 70.2 Å². The van der Waals surface area contributed by atoms with E-state index in [1.807, 2.05) is 0 Å². The third-order valence-corrected chi connectivity index (χ3v) is 10.2. The molecule has 0 amide bonds. The number of ether oxygens (including phenoxy) is 1. The predicted molar refractivity (Wildman–Crippen MR) is 147 cm³/mol. The Hall–Kier alpha value is -1.40. The van der Waals surface area contributed by atoms with Crippen molar-refractivity contribution >= 4 is 11.9 Å². The standard InChI is InChI=1S/C30H54N2O4/c1-9-24-22(17-19-31(15-7)29(24,11-3)12-4)23(21-27(33)34)28(35)36-26-18-20-32(16-8)30(13-5,14-6)25(26)10-2/h21-22,24-26H,9-20H2,1-8H3,(H,33,34)/b23-21-. The molecular formula is C30H54N2O4. The number of aliphatic carboxylic acids is 1. The molecule has 4 atom stereocenters. The first-order valence-corrected chi connectivity index (χ1v) is 14.8. The number of piperidine rings is 2. The third-order valence-electron chi connectivity index (χ3n) is 10.2. The highest BCUT2D eigenvalue weighted by Gasteiger charge is 2.51. The van der Waals surface area contributed by atoms with Crippen molar-refractivity contribution < 1.29 is 19.4 Å². The largest absolute Gasteiger partial charge is 0.478 e. The molecule has 208 valence electrons. The summed E-state index contributed by atoms with van der Waals surface area (Å²) in [6.07, 6.45) is 8.46. The molecule has 0 radical (unpaired) electrons. The lowest BCUT2D eigenvalue weighted by Crippen LogP contribution is -2.61. The van der Waals surface area contributed by atoms with Gasteiger partial charge in [-0.1, -0.05) is 61.8 Å². The first kappa shape index (κ1) is 30.8. The van der Waals surface area contributed by atoms with Crippen molar-refractivity contribution in [3.8, 4) is 0 Å². The molecule has 0 aromatic rings. The van der Waals surface area contributed by atoms with Gasteiger partial charge >= 0.3 is 11.9 Å². The Morgan fingerprint density at radius 2 is 1.28 bits per heavy atom. The lowest BCUT2D eigenvalue weighted by Gasteiger charge is -2.55. The normalized spacial score (nSPS) is 29.2. The number of hydrogen-bond donors (Lipinski definition) is 1. The molecule has 0 saturated carbocycles. The van der Waals surface area contributed by atoms with Crippen molar-refractivity contribution in [3.05, 3.63) is 11.6 Å². The summed E-state index contributed by atoms with van der Waals surface area (Å²) < 4.78 is 6.33. The van der Waals surface area contributed by atoms with Gasteiger partial charge < -0.3 is 9.84 Å². The van der Waals surface area contributed by atoms with Crippen LogP contribution in [0.5, 0.6) is 0 Å². The van der Waals surface area contributed by atoms with Crippen LogP contribution in [-0.2, 0) is 14.3 Å². The Morgan fingerprint density at radius 1 is 0.806 bits per heavy atom. The number of hydrogen-bond acceptors (Lipinski definition) is 5. The lowest BCUT2D eigenvalue weighted by atomic mass is 9.64.